The van der Waals surface area contributed by atoms with Crippen LogP contribution in [0.5, 0.6) is 5.75 Å². The number of hydrogen-bond donors (Lipinski definition) is 2. The molecule has 1 aromatic rings. The SMILES string of the molecule is C[C@H]1OCCN[C@@H]1C(=O)NCCOc1ccc(F)cc1.Cl. The lowest BCUT2D eigenvalue weighted by molar-refractivity contribution is -0.129. The first-order valence-corrected chi connectivity index (χ1v) is 6.68. The monoisotopic (exact) mass is 318 g/mol. The summed E-state index contributed by atoms with van der Waals surface area (Å²) < 4.78 is 23.5. The summed E-state index contributed by atoms with van der Waals surface area (Å²) in [6.07, 6.45) is -0.137. The number of ether oxygens (including phenoxy) is 2. The molecule has 1 aliphatic heterocycles. The number of rotatable bonds is 5. The second kappa shape index (κ2) is 8.81. The van der Waals surface area contributed by atoms with Crippen molar-refractivity contribution in [1.29, 1.82) is 0 Å². The van der Waals surface area contributed by atoms with E-state index < -0.39 is 0 Å². The molecule has 0 unspecified atom stereocenters. The zero-order chi connectivity index (χ0) is 14.4. The van der Waals surface area contributed by atoms with E-state index in [1.807, 2.05) is 6.92 Å². The minimum Gasteiger partial charge on any atom is -0.492 e. The zero-order valence-electron chi connectivity index (χ0n) is 11.8. The summed E-state index contributed by atoms with van der Waals surface area (Å²) in [5, 5.41) is 5.90. The van der Waals surface area contributed by atoms with Crippen LogP contribution in [-0.2, 0) is 9.53 Å². The fourth-order valence-electron chi connectivity index (χ4n) is 2.01. The van der Waals surface area contributed by atoms with Crippen molar-refractivity contribution in [3.8, 4) is 5.75 Å². The van der Waals surface area contributed by atoms with Gasteiger partial charge >= 0.3 is 0 Å². The molecule has 118 valence electrons. The van der Waals surface area contributed by atoms with Gasteiger partial charge in [0, 0.05) is 6.54 Å². The van der Waals surface area contributed by atoms with E-state index in [-0.39, 0.29) is 36.3 Å². The number of halogens is 2. The topological polar surface area (TPSA) is 59.6 Å². The van der Waals surface area contributed by atoms with Gasteiger partial charge in [-0.1, -0.05) is 0 Å². The predicted octanol–water partition coefficient (Wildman–Crippen LogP) is 1.12. The minimum atomic E-state index is -0.324. The first-order valence-electron chi connectivity index (χ1n) is 6.68. The maximum Gasteiger partial charge on any atom is 0.239 e. The average molecular weight is 319 g/mol. The quantitative estimate of drug-likeness (QED) is 0.799. The van der Waals surface area contributed by atoms with Gasteiger partial charge in [0.1, 0.15) is 24.2 Å². The Hall–Kier alpha value is -1.37. The van der Waals surface area contributed by atoms with E-state index in [2.05, 4.69) is 10.6 Å². The van der Waals surface area contributed by atoms with Crippen molar-refractivity contribution in [3.05, 3.63) is 30.1 Å². The van der Waals surface area contributed by atoms with Crippen LogP contribution in [0.1, 0.15) is 6.92 Å². The van der Waals surface area contributed by atoms with Gasteiger partial charge in [0.25, 0.3) is 0 Å². The number of carbonyl (C=O) groups excluding carboxylic acids is 1. The van der Waals surface area contributed by atoms with Crippen LogP contribution in [0.2, 0.25) is 0 Å². The molecule has 0 spiro atoms. The lowest BCUT2D eigenvalue weighted by Gasteiger charge is -2.29. The summed E-state index contributed by atoms with van der Waals surface area (Å²) in [5.41, 5.74) is 0. The summed E-state index contributed by atoms with van der Waals surface area (Å²) in [6.45, 7) is 3.89. The summed E-state index contributed by atoms with van der Waals surface area (Å²) in [5.74, 6) is 0.177. The molecule has 1 aromatic carbocycles. The van der Waals surface area contributed by atoms with Crippen molar-refractivity contribution >= 4 is 18.3 Å². The van der Waals surface area contributed by atoms with Gasteiger partial charge in [-0.25, -0.2) is 4.39 Å². The van der Waals surface area contributed by atoms with Crippen molar-refractivity contribution in [2.75, 3.05) is 26.3 Å². The first-order chi connectivity index (χ1) is 9.66. The number of morpholine rings is 1. The number of benzene rings is 1. The third-order valence-corrected chi connectivity index (χ3v) is 3.08. The van der Waals surface area contributed by atoms with Crippen LogP contribution < -0.4 is 15.4 Å². The molecule has 7 heteroatoms. The summed E-state index contributed by atoms with van der Waals surface area (Å²) in [6, 6.07) is 5.44. The highest BCUT2D eigenvalue weighted by Crippen LogP contribution is 2.10. The molecule has 0 bridgehead atoms. The smallest absolute Gasteiger partial charge is 0.239 e. The lowest BCUT2D eigenvalue weighted by atomic mass is 10.1. The summed E-state index contributed by atoms with van der Waals surface area (Å²) >= 11 is 0. The number of hydrogen-bond acceptors (Lipinski definition) is 4. The highest BCUT2D eigenvalue weighted by atomic mass is 35.5. The molecule has 2 rings (SSSR count). The van der Waals surface area contributed by atoms with Crippen LogP contribution in [0.4, 0.5) is 4.39 Å². The van der Waals surface area contributed by atoms with Gasteiger partial charge in [0.2, 0.25) is 5.91 Å². The Labute approximate surface area is 129 Å². The Morgan fingerprint density at radius 1 is 1.48 bits per heavy atom. The second-order valence-electron chi connectivity index (χ2n) is 4.60. The Morgan fingerprint density at radius 2 is 2.19 bits per heavy atom. The van der Waals surface area contributed by atoms with Crippen molar-refractivity contribution in [2.45, 2.75) is 19.1 Å². The Kier molecular flexibility index (Phi) is 7.42. The third kappa shape index (κ3) is 5.49. The Morgan fingerprint density at radius 3 is 2.86 bits per heavy atom. The summed E-state index contributed by atoms with van der Waals surface area (Å²) in [4.78, 5) is 11.9. The van der Waals surface area contributed by atoms with E-state index in [1.165, 1.54) is 12.1 Å². The molecule has 2 N–H and O–H groups in total. The molecule has 0 aliphatic carbocycles. The van der Waals surface area contributed by atoms with E-state index >= 15 is 0 Å². The average Bonchev–Trinajstić information content (AvgIpc) is 2.46. The number of nitrogens with one attached hydrogen (secondary N) is 2. The van der Waals surface area contributed by atoms with Crippen molar-refractivity contribution in [2.24, 2.45) is 0 Å². The van der Waals surface area contributed by atoms with Crippen LogP contribution >= 0.6 is 12.4 Å². The normalized spacial score (nSPS) is 21.2. The van der Waals surface area contributed by atoms with Gasteiger partial charge in [-0.05, 0) is 31.2 Å². The van der Waals surface area contributed by atoms with Gasteiger partial charge in [0.05, 0.1) is 19.3 Å². The van der Waals surface area contributed by atoms with E-state index in [4.69, 9.17) is 9.47 Å². The molecule has 0 radical (unpaired) electrons. The molecule has 1 amide bonds. The highest BCUT2D eigenvalue weighted by molar-refractivity contribution is 5.85. The van der Waals surface area contributed by atoms with Crippen LogP contribution in [0.25, 0.3) is 0 Å². The van der Waals surface area contributed by atoms with E-state index in [9.17, 15) is 9.18 Å². The zero-order valence-corrected chi connectivity index (χ0v) is 12.6. The van der Waals surface area contributed by atoms with Crippen LogP contribution in [0.15, 0.2) is 24.3 Å². The molecule has 1 aliphatic rings. The van der Waals surface area contributed by atoms with Gasteiger partial charge in [-0.15, -0.1) is 12.4 Å². The van der Waals surface area contributed by atoms with Crippen LogP contribution in [0.3, 0.4) is 0 Å². The largest absolute Gasteiger partial charge is 0.492 e. The fraction of sp³-hybridized carbons (Fsp3) is 0.500. The molecule has 1 fully saturated rings. The van der Waals surface area contributed by atoms with Crippen molar-refractivity contribution in [1.82, 2.24) is 10.6 Å². The molecule has 1 saturated heterocycles. The second-order valence-corrected chi connectivity index (χ2v) is 4.60. The van der Waals surface area contributed by atoms with Crippen molar-refractivity contribution < 1.29 is 18.7 Å². The first kappa shape index (κ1) is 17.7. The lowest BCUT2D eigenvalue weighted by Crippen LogP contribution is -2.55. The van der Waals surface area contributed by atoms with Gasteiger partial charge < -0.3 is 20.1 Å². The van der Waals surface area contributed by atoms with Crippen molar-refractivity contribution in [3.63, 3.8) is 0 Å². The number of carbonyl (C=O) groups is 1. The molecular weight excluding hydrogens is 299 g/mol. The predicted molar refractivity (Wildman–Crippen MR) is 79.4 cm³/mol. The van der Waals surface area contributed by atoms with Gasteiger partial charge in [-0.2, -0.15) is 0 Å². The highest BCUT2D eigenvalue weighted by Gasteiger charge is 2.27. The molecule has 5 nitrogen and oxygen atoms in total. The minimum absolute atomic E-state index is 0. The van der Waals surface area contributed by atoms with Gasteiger partial charge in [0.15, 0.2) is 0 Å². The summed E-state index contributed by atoms with van der Waals surface area (Å²) in [7, 11) is 0. The standard InChI is InChI=1S/C14H19FN2O3.ClH/c1-10-13(16-6-8-19-10)14(18)17-7-9-20-12-4-2-11(15)3-5-12;/h2-5,10,13,16H,6-9H2,1H3,(H,17,18);1H/t10-,13+;/m1./s1. The number of amides is 1. The molecule has 1 heterocycles. The van der Waals surface area contributed by atoms with E-state index in [0.717, 1.165) is 0 Å². The Bertz CT molecular complexity index is 444. The van der Waals surface area contributed by atoms with E-state index in [1.54, 1.807) is 12.1 Å². The molecule has 0 saturated carbocycles. The van der Waals surface area contributed by atoms with Gasteiger partial charge in [-0.3, -0.25) is 4.79 Å². The maximum atomic E-state index is 12.7. The third-order valence-electron chi connectivity index (χ3n) is 3.08. The molecule has 21 heavy (non-hydrogen) atoms. The van der Waals surface area contributed by atoms with Crippen LogP contribution in [-0.4, -0.2) is 44.4 Å². The molecular formula is C14H20ClFN2O3. The fourth-order valence-corrected chi connectivity index (χ4v) is 2.01. The maximum absolute atomic E-state index is 12.7. The molecule has 2 atom stereocenters. The Balaban J connectivity index is 0.00000220. The van der Waals surface area contributed by atoms with Crippen LogP contribution in [0, 0.1) is 5.82 Å². The van der Waals surface area contributed by atoms with E-state index in [0.29, 0.717) is 32.1 Å². The molecule has 0 aromatic heterocycles.